The number of hydrogen-bond donors (Lipinski definition) is 2. The van der Waals surface area contributed by atoms with Crippen LogP contribution < -0.4 is 4.74 Å². The molecule has 0 saturated carbocycles. The Bertz CT molecular complexity index is 279. The summed E-state index contributed by atoms with van der Waals surface area (Å²) in [5, 5.41) is 17.4. The smallest absolute Gasteiger partial charge is 0.319 e. The van der Waals surface area contributed by atoms with Crippen molar-refractivity contribution in [1.29, 1.82) is 0 Å². The fraction of sp³-hybridized carbons (Fsp3) is 0.300. The molecular formula is C10H12O4. The van der Waals surface area contributed by atoms with E-state index >= 15 is 0 Å². The monoisotopic (exact) mass is 196 g/mol. The molecule has 0 amide bonds. The fourth-order valence-corrected chi connectivity index (χ4v) is 0.895. The number of carbonyl (C=O) groups is 1. The maximum absolute atomic E-state index is 11.2. The third kappa shape index (κ3) is 2.83. The van der Waals surface area contributed by atoms with Gasteiger partial charge in [-0.25, -0.2) is 0 Å². The molecule has 0 aromatic heterocycles. The second-order valence-electron chi connectivity index (χ2n) is 2.80. The number of aliphatic hydroxyl groups excluding tert-OH is 2. The van der Waals surface area contributed by atoms with Crippen molar-refractivity contribution in [2.24, 2.45) is 5.92 Å². The Morgan fingerprint density at radius 3 is 2.29 bits per heavy atom. The number of carbonyl (C=O) groups excluding carboxylic acids is 1. The summed E-state index contributed by atoms with van der Waals surface area (Å²) in [5.74, 6) is -1.08. The molecule has 0 spiro atoms. The Kier molecular flexibility index (Phi) is 4.10. The van der Waals surface area contributed by atoms with Gasteiger partial charge in [-0.05, 0) is 12.1 Å². The number of esters is 1. The van der Waals surface area contributed by atoms with Gasteiger partial charge >= 0.3 is 5.97 Å². The quantitative estimate of drug-likeness (QED) is 0.533. The Balaban J connectivity index is 2.57. The van der Waals surface area contributed by atoms with Crippen molar-refractivity contribution in [3.8, 4) is 5.75 Å². The van der Waals surface area contributed by atoms with E-state index in [0.29, 0.717) is 5.75 Å². The first-order chi connectivity index (χ1) is 6.77. The predicted octanol–water partition coefficient (Wildman–Crippen LogP) is 0.193. The number of ether oxygens (including phenoxy) is 1. The van der Waals surface area contributed by atoms with E-state index < -0.39 is 25.1 Å². The molecule has 14 heavy (non-hydrogen) atoms. The van der Waals surface area contributed by atoms with E-state index in [1.165, 1.54) is 0 Å². The van der Waals surface area contributed by atoms with Crippen molar-refractivity contribution < 1.29 is 19.7 Å². The van der Waals surface area contributed by atoms with E-state index in [4.69, 9.17) is 14.9 Å². The van der Waals surface area contributed by atoms with Crippen LogP contribution in [0.15, 0.2) is 30.3 Å². The van der Waals surface area contributed by atoms with E-state index in [1.54, 1.807) is 30.3 Å². The topological polar surface area (TPSA) is 66.8 Å². The molecule has 1 rings (SSSR count). The van der Waals surface area contributed by atoms with E-state index in [2.05, 4.69) is 0 Å². The van der Waals surface area contributed by atoms with Crippen molar-refractivity contribution in [2.75, 3.05) is 13.2 Å². The van der Waals surface area contributed by atoms with E-state index in [1.807, 2.05) is 0 Å². The largest absolute Gasteiger partial charge is 0.426 e. The molecule has 1 aromatic carbocycles. The number of aliphatic hydroxyl groups is 2. The number of benzene rings is 1. The Hall–Kier alpha value is -1.39. The average Bonchev–Trinajstić information content (AvgIpc) is 2.21. The van der Waals surface area contributed by atoms with Crippen molar-refractivity contribution >= 4 is 5.97 Å². The third-order valence-electron chi connectivity index (χ3n) is 1.74. The molecule has 0 radical (unpaired) electrons. The molecule has 0 atom stereocenters. The van der Waals surface area contributed by atoms with Gasteiger partial charge in [0.25, 0.3) is 0 Å². The molecule has 76 valence electrons. The van der Waals surface area contributed by atoms with Crippen LogP contribution in [0, 0.1) is 5.92 Å². The minimum absolute atomic E-state index is 0.407. The van der Waals surface area contributed by atoms with Gasteiger partial charge in [0.2, 0.25) is 0 Å². The highest BCUT2D eigenvalue weighted by Gasteiger charge is 2.18. The molecular weight excluding hydrogens is 184 g/mol. The number of rotatable bonds is 4. The Morgan fingerprint density at radius 1 is 1.21 bits per heavy atom. The molecule has 0 heterocycles. The lowest BCUT2D eigenvalue weighted by atomic mass is 10.2. The standard InChI is InChI=1S/C10H12O4/c11-6-8(7-12)10(13)14-9-4-2-1-3-5-9/h1-5,8,11-12H,6-7H2. The maximum Gasteiger partial charge on any atom is 0.319 e. The number of para-hydroxylation sites is 1. The lowest BCUT2D eigenvalue weighted by molar-refractivity contribution is -0.141. The van der Waals surface area contributed by atoms with Gasteiger partial charge in [0, 0.05) is 0 Å². The first-order valence-electron chi connectivity index (χ1n) is 4.26. The van der Waals surface area contributed by atoms with Crippen LogP contribution >= 0.6 is 0 Å². The van der Waals surface area contributed by atoms with Crippen LogP contribution in [0.1, 0.15) is 0 Å². The molecule has 0 unspecified atom stereocenters. The molecule has 0 aliphatic rings. The minimum atomic E-state index is -0.866. The zero-order chi connectivity index (χ0) is 10.4. The summed E-state index contributed by atoms with van der Waals surface area (Å²) in [4.78, 5) is 11.2. The van der Waals surface area contributed by atoms with E-state index in [0.717, 1.165) is 0 Å². The zero-order valence-electron chi connectivity index (χ0n) is 7.59. The van der Waals surface area contributed by atoms with Crippen LogP contribution in [0.5, 0.6) is 5.75 Å². The second-order valence-corrected chi connectivity index (χ2v) is 2.80. The van der Waals surface area contributed by atoms with Gasteiger partial charge in [0.05, 0.1) is 13.2 Å². The highest BCUT2D eigenvalue weighted by Crippen LogP contribution is 2.10. The van der Waals surface area contributed by atoms with Crippen molar-refractivity contribution in [2.45, 2.75) is 0 Å². The summed E-state index contributed by atoms with van der Waals surface area (Å²) < 4.78 is 4.90. The van der Waals surface area contributed by atoms with Crippen LogP contribution in [0.4, 0.5) is 0 Å². The van der Waals surface area contributed by atoms with Crippen LogP contribution in [-0.4, -0.2) is 29.4 Å². The van der Waals surface area contributed by atoms with Crippen LogP contribution in [0.2, 0.25) is 0 Å². The highest BCUT2D eigenvalue weighted by molar-refractivity contribution is 5.75. The molecule has 0 bridgehead atoms. The number of hydrogen-bond acceptors (Lipinski definition) is 4. The van der Waals surface area contributed by atoms with Gasteiger partial charge in [0.15, 0.2) is 0 Å². The van der Waals surface area contributed by atoms with Crippen molar-refractivity contribution in [3.05, 3.63) is 30.3 Å². The normalized spacial score (nSPS) is 10.2. The maximum atomic E-state index is 11.2. The molecule has 1 aromatic rings. The summed E-state index contributed by atoms with van der Waals surface area (Å²) in [6, 6.07) is 8.52. The summed E-state index contributed by atoms with van der Waals surface area (Å²) in [5.41, 5.74) is 0. The lowest BCUT2D eigenvalue weighted by Gasteiger charge is -2.09. The van der Waals surface area contributed by atoms with Crippen LogP contribution in [0.25, 0.3) is 0 Å². The van der Waals surface area contributed by atoms with Gasteiger partial charge in [-0.3, -0.25) is 4.79 Å². The van der Waals surface area contributed by atoms with Crippen LogP contribution in [0.3, 0.4) is 0 Å². The van der Waals surface area contributed by atoms with Gasteiger partial charge in [-0.15, -0.1) is 0 Å². The zero-order valence-corrected chi connectivity index (χ0v) is 7.59. The third-order valence-corrected chi connectivity index (χ3v) is 1.74. The molecule has 2 N–H and O–H groups in total. The molecule has 0 fully saturated rings. The first kappa shape index (κ1) is 10.7. The Labute approximate surface area is 81.8 Å². The fourth-order valence-electron chi connectivity index (χ4n) is 0.895. The summed E-state index contributed by atoms with van der Waals surface area (Å²) in [7, 11) is 0. The van der Waals surface area contributed by atoms with Crippen LogP contribution in [-0.2, 0) is 4.79 Å². The predicted molar refractivity (Wildman–Crippen MR) is 49.7 cm³/mol. The van der Waals surface area contributed by atoms with Gasteiger partial charge in [-0.2, -0.15) is 0 Å². The Morgan fingerprint density at radius 2 is 1.79 bits per heavy atom. The average molecular weight is 196 g/mol. The van der Waals surface area contributed by atoms with Crippen molar-refractivity contribution in [3.63, 3.8) is 0 Å². The summed E-state index contributed by atoms with van der Waals surface area (Å²) in [6.07, 6.45) is 0. The lowest BCUT2D eigenvalue weighted by Crippen LogP contribution is -2.26. The molecule has 0 saturated heterocycles. The highest BCUT2D eigenvalue weighted by atomic mass is 16.5. The van der Waals surface area contributed by atoms with E-state index in [9.17, 15) is 4.79 Å². The molecule has 4 nitrogen and oxygen atoms in total. The van der Waals surface area contributed by atoms with Gasteiger partial charge in [-0.1, -0.05) is 18.2 Å². The van der Waals surface area contributed by atoms with E-state index in [-0.39, 0.29) is 0 Å². The molecule has 0 aliphatic carbocycles. The summed E-state index contributed by atoms with van der Waals surface area (Å²) >= 11 is 0. The SMILES string of the molecule is O=C(Oc1ccccc1)C(CO)CO. The molecule has 0 aliphatic heterocycles. The van der Waals surface area contributed by atoms with Gasteiger partial charge < -0.3 is 14.9 Å². The molecule has 4 heteroatoms. The van der Waals surface area contributed by atoms with Gasteiger partial charge in [0.1, 0.15) is 11.7 Å². The van der Waals surface area contributed by atoms with Crippen molar-refractivity contribution in [1.82, 2.24) is 0 Å². The minimum Gasteiger partial charge on any atom is -0.426 e. The first-order valence-corrected chi connectivity index (χ1v) is 4.26. The second kappa shape index (κ2) is 5.36. The summed E-state index contributed by atoms with van der Waals surface area (Å²) in [6.45, 7) is -0.829.